The summed E-state index contributed by atoms with van der Waals surface area (Å²) >= 11 is 1.20. The molecule has 0 spiro atoms. The molecule has 23 heavy (non-hydrogen) atoms. The van der Waals surface area contributed by atoms with E-state index in [1.54, 1.807) is 6.26 Å². The van der Waals surface area contributed by atoms with E-state index in [1.807, 2.05) is 0 Å². The number of halogens is 4. The summed E-state index contributed by atoms with van der Waals surface area (Å²) in [6.45, 7) is 0. The van der Waals surface area contributed by atoms with E-state index in [1.165, 1.54) is 11.8 Å². The van der Waals surface area contributed by atoms with E-state index in [-0.39, 0.29) is 23.1 Å². The summed E-state index contributed by atoms with van der Waals surface area (Å²) in [6, 6.07) is 2.26. The van der Waals surface area contributed by atoms with Crippen molar-refractivity contribution in [3.8, 4) is 11.4 Å². The molecule has 3 aromatic rings. The Morgan fingerprint density at radius 2 is 1.91 bits per heavy atom. The second-order valence-corrected chi connectivity index (χ2v) is 5.18. The van der Waals surface area contributed by atoms with Crippen LogP contribution in [0, 0.1) is 5.82 Å². The molecular formula is C12H8F4N6S. The summed E-state index contributed by atoms with van der Waals surface area (Å²) < 4.78 is 53.4. The molecule has 1 aromatic carbocycles. The third-order valence-corrected chi connectivity index (χ3v) is 3.47. The smallest absolute Gasteiger partial charge is 0.368 e. The lowest BCUT2D eigenvalue weighted by atomic mass is 10.1. The molecule has 0 aliphatic rings. The van der Waals surface area contributed by atoms with Crippen molar-refractivity contribution in [3.63, 3.8) is 0 Å². The Morgan fingerprint density at radius 3 is 2.57 bits per heavy atom. The average Bonchev–Trinajstić information content (AvgIpc) is 2.90. The lowest BCUT2D eigenvalue weighted by Crippen LogP contribution is -2.08. The highest BCUT2D eigenvalue weighted by Crippen LogP contribution is 2.36. The molecule has 2 N–H and O–H groups in total. The monoisotopic (exact) mass is 344 g/mol. The zero-order valence-electron chi connectivity index (χ0n) is 11.5. The van der Waals surface area contributed by atoms with E-state index in [9.17, 15) is 17.6 Å². The number of alkyl halides is 3. The van der Waals surface area contributed by atoms with Crippen molar-refractivity contribution in [1.29, 1.82) is 0 Å². The van der Waals surface area contributed by atoms with Gasteiger partial charge in [-0.2, -0.15) is 32.6 Å². The summed E-state index contributed by atoms with van der Waals surface area (Å²) in [5, 5.41) is 4.19. The molecule has 11 heteroatoms. The first kappa shape index (κ1) is 15.5. The van der Waals surface area contributed by atoms with E-state index >= 15 is 0 Å². The highest BCUT2D eigenvalue weighted by molar-refractivity contribution is 7.98. The normalized spacial score (nSPS) is 12.0. The van der Waals surface area contributed by atoms with Crippen molar-refractivity contribution in [2.24, 2.45) is 0 Å². The Morgan fingerprint density at radius 1 is 1.17 bits per heavy atom. The quantitative estimate of drug-likeness (QED) is 0.568. The number of hydrogen-bond acceptors (Lipinski definition) is 6. The van der Waals surface area contributed by atoms with Crippen molar-refractivity contribution in [1.82, 2.24) is 24.6 Å². The van der Waals surface area contributed by atoms with E-state index in [0.717, 1.165) is 16.6 Å². The maximum absolute atomic E-state index is 13.2. The molecule has 0 aliphatic heterocycles. The Kier molecular flexibility index (Phi) is 3.59. The van der Waals surface area contributed by atoms with Gasteiger partial charge in [0.2, 0.25) is 5.95 Å². The van der Waals surface area contributed by atoms with Crippen molar-refractivity contribution >= 4 is 23.5 Å². The number of thioether (sulfide) groups is 1. The second kappa shape index (κ2) is 5.33. The molecule has 2 aromatic heterocycles. The predicted octanol–water partition coefficient (Wildman–Crippen LogP) is 2.65. The molecule has 3 rings (SSSR count). The van der Waals surface area contributed by atoms with E-state index in [0.29, 0.717) is 11.2 Å². The first-order chi connectivity index (χ1) is 10.8. The standard InChI is InChI=1S/C12H8F4N6S/c1-23-11-19-9(17)22-10(20-11)18-8(21-22)6-3-2-5(13)4-7(6)12(14,15)16/h2-4H,1H3,(H2,17,18,19,20,21). The summed E-state index contributed by atoms with van der Waals surface area (Å²) in [5.41, 5.74) is 4.14. The maximum Gasteiger partial charge on any atom is 0.417 e. The highest BCUT2D eigenvalue weighted by Gasteiger charge is 2.35. The molecule has 0 aliphatic carbocycles. The number of nitrogens with zero attached hydrogens (tertiary/aromatic N) is 5. The zero-order chi connectivity index (χ0) is 16.8. The average molecular weight is 344 g/mol. The van der Waals surface area contributed by atoms with Crippen LogP contribution < -0.4 is 5.73 Å². The lowest BCUT2D eigenvalue weighted by molar-refractivity contribution is -0.137. The molecule has 0 radical (unpaired) electrons. The number of benzene rings is 1. The van der Waals surface area contributed by atoms with Gasteiger partial charge in [0, 0.05) is 5.56 Å². The van der Waals surface area contributed by atoms with E-state index < -0.39 is 17.6 Å². The largest absolute Gasteiger partial charge is 0.417 e. The Labute approximate surface area is 130 Å². The molecule has 6 nitrogen and oxygen atoms in total. The molecule has 0 saturated carbocycles. The highest BCUT2D eigenvalue weighted by atomic mass is 32.2. The van der Waals surface area contributed by atoms with Crippen LogP contribution >= 0.6 is 11.8 Å². The Balaban J connectivity index is 2.24. The first-order valence-electron chi connectivity index (χ1n) is 6.11. The third kappa shape index (κ3) is 2.79. The number of aromatic nitrogens is 5. The minimum Gasteiger partial charge on any atom is -0.368 e. The molecule has 0 amide bonds. The number of rotatable bonds is 2. The Bertz CT molecular complexity index is 891. The van der Waals surface area contributed by atoms with Crippen molar-refractivity contribution < 1.29 is 17.6 Å². The molecule has 0 saturated heterocycles. The topological polar surface area (TPSA) is 82.0 Å². The fraction of sp³-hybridized carbons (Fsp3) is 0.167. The van der Waals surface area contributed by atoms with E-state index in [2.05, 4.69) is 20.1 Å². The second-order valence-electron chi connectivity index (χ2n) is 4.40. The molecule has 2 heterocycles. The van der Waals surface area contributed by atoms with Gasteiger partial charge in [0.25, 0.3) is 5.78 Å². The number of nitrogen functional groups attached to an aromatic ring is 1. The van der Waals surface area contributed by atoms with Gasteiger partial charge in [0.05, 0.1) is 5.56 Å². The van der Waals surface area contributed by atoms with Crippen molar-refractivity contribution in [2.75, 3.05) is 12.0 Å². The van der Waals surface area contributed by atoms with Crippen LogP contribution in [0.1, 0.15) is 5.56 Å². The fourth-order valence-electron chi connectivity index (χ4n) is 1.94. The minimum atomic E-state index is -4.75. The number of nitrogens with two attached hydrogens (primary N) is 1. The van der Waals surface area contributed by atoms with Crippen molar-refractivity contribution in [2.45, 2.75) is 11.3 Å². The van der Waals surface area contributed by atoms with Gasteiger partial charge in [0.15, 0.2) is 11.0 Å². The minimum absolute atomic E-state index is 0.00861. The summed E-state index contributed by atoms with van der Waals surface area (Å²) in [4.78, 5) is 11.9. The lowest BCUT2D eigenvalue weighted by Gasteiger charge is -2.10. The number of fused-ring (bicyclic) bond motifs is 1. The number of anilines is 1. The molecule has 0 fully saturated rings. The molecule has 0 atom stereocenters. The zero-order valence-corrected chi connectivity index (χ0v) is 12.3. The SMILES string of the molecule is CSc1nc(N)n2nc(-c3ccc(F)cc3C(F)(F)F)nc2n1. The van der Waals surface area contributed by atoms with Crippen LogP contribution in [0.3, 0.4) is 0 Å². The van der Waals surface area contributed by atoms with Gasteiger partial charge in [-0.05, 0) is 24.5 Å². The van der Waals surface area contributed by atoms with Crippen LogP contribution in [0.5, 0.6) is 0 Å². The molecule has 0 unspecified atom stereocenters. The van der Waals surface area contributed by atoms with Gasteiger partial charge in [-0.1, -0.05) is 11.8 Å². The van der Waals surface area contributed by atoms with Gasteiger partial charge in [-0.15, -0.1) is 5.10 Å². The third-order valence-electron chi connectivity index (χ3n) is 2.92. The van der Waals surface area contributed by atoms with Crippen LogP contribution in [0.25, 0.3) is 17.2 Å². The molecule has 120 valence electrons. The predicted molar refractivity (Wildman–Crippen MR) is 75.2 cm³/mol. The van der Waals surface area contributed by atoms with Crippen LogP contribution in [0.4, 0.5) is 23.5 Å². The first-order valence-corrected chi connectivity index (χ1v) is 7.33. The van der Waals surface area contributed by atoms with Crippen LogP contribution in [0.15, 0.2) is 23.4 Å². The summed E-state index contributed by atoms with van der Waals surface area (Å²) in [5.74, 6) is -1.33. The maximum atomic E-state index is 13.2. The molecule has 0 bridgehead atoms. The van der Waals surface area contributed by atoms with Crippen LogP contribution in [0.2, 0.25) is 0 Å². The van der Waals surface area contributed by atoms with E-state index in [4.69, 9.17) is 5.73 Å². The van der Waals surface area contributed by atoms with Crippen LogP contribution in [-0.4, -0.2) is 30.8 Å². The van der Waals surface area contributed by atoms with Gasteiger partial charge in [0.1, 0.15) is 5.82 Å². The number of hydrogen-bond donors (Lipinski definition) is 1. The van der Waals surface area contributed by atoms with Gasteiger partial charge in [-0.25, -0.2) is 4.39 Å². The fourth-order valence-corrected chi connectivity index (χ4v) is 2.29. The van der Waals surface area contributed by atoms with Crippen LogP contribution in [-0.2, 0) is 6.18 Å². The van der Waals surface area contributed by atoms with Crippen molar-refractivity contribution in [3.05, 3.63) is 29.6 Å². The molecular weight excluding hydrogens is 336 g/mol. The summed E-state index contributed by atoms with van der Waals surface area (Å²) in [6.07, 6.45) is -3.04. The van der Waals surface area contributed by atoms with Gasteiger partial charge in [-0.3, -0.25) is 0 Å². The van der Waals surface area contributed by atoms with Gasteiger partial charge >= 0.3 is 6.18 Å². The van der Waals surface area contributed by atoms with Gasteiger partial charge < -0.3 is 5.73 Å². The summed E-state index contributed by atoms with van der Waals surface area (Å²) in [7, 11) is 0. The Hall–Kier alpha value is -2.43.